The Morgan fingerprint density at radius 2 is 2.15 bits per heavy atom. The summed E-state index contributed by atoms with van der Waals surface area (Å²) in [7, 11) is 1.56. The van der Waals surface area contributed by atoms with Crippen molar-refractivity contribution in [2.45, 2.75) is 50.0 Å². The summed E-state index contributed by atoms with van der Waals surface area (Å²) in [6.07, 6.45) is 3.49. The van der Waals surface area contributed by atoms with E-state index in [0.717, 1.165) is 12.8 Å². The largest absolute Gasteiger partial charge is 0.389 e. The summed E-state index contributed by atoms with van der Waals surface area (Å²) in [6.45, 7) is 0. The van der Waals surface area contributed by atoms with Gasteiger partial charge in [0.1, 0.15) is 6.10 Å². The van der Waals surface area contributed by atoms with Crippen molar-refractivity contribution < 1.29 is 15.0 Å². The number of hydrogen-bond acceptors (Lipinski definition) is 7. The molecule has 2 heterocycles. The van der Waals surface area contributed by atoms with Crippen molar-refractivity contribution in [3.8, 4) is 0 Å². The average Bonchev–Trinajstić information content (AvgIpc) is 3.15. The molecule has 1 unspecified atom stereocenters. The Kier molecular flexibility index (Phi) is 3.89. The molecule has 0 aliphatic heterocycles. The maximum atomic E-state index is 12.3. The molecule has 5 rings (SSSR count). The highest BCUT2D eigenvalue weighted by atomic mass is 127. The van der Waals surface area contributed by atoms with Crippen LogP contribution >= 0.6 is 22.6 Å². The van der Waals surface area contributed by atoms with Crippen molar-refractivity contribution in [2.24, 2.45) is 11.3 Å². The maximum absolute atomic E-state index is 12.3. The molecule has 9 nitrogen and oxygen atoms in total. The lowest BCUT2D eigenvalue weighted by molar-refractivity contribution is -0.132. The van der Waals surface area contributed by atoms with E-state index in [1.807, 2.05) is 0 Å². The van der Waals surface area contributed by atoms with Gasteiger partial charge in [0.05, 0.1) is 23.9 Å². The Morgan fingerprint density at radius 1 is 1.37 bits per heavy atom. The van der Waals surface area contributed by atoms with E-state index in [-0.39, 0.29) is 11.8 Å². The molecule has 10 heteroatoms. The number of nitrogens with one attached hydrogen (secondary N) is 2. The third kappa shape index (κ3) is 2.35. The van der Waals surface area contributed by atoms with E-state index in [0.29, 0.717) is 33.3 Å². The number of hydrogen-bond donors (Lipinski definition) is 4. The van der Waals surface area contributed by atoms with Gasteiger partial charge in [0.2, 0.25) is 5.91 Å². The number of amides is 1. The molecule has 3 aliphatic rings. The summed E-state index contributed by atoms with van der Waals surface area (Å²) in [5, 5.41) is 27.3. The Morgan fingerprint density at radius 3 is 2.81 bits per heavy atom. The number of carbonyl (C=O) groups is 1. The number of nitrogens with zero attached hydrogens (tertiary/aromatic N) is 4. The topological polar surface area (TPSA) is 125 Å². The van der Waals surface area contributed by atoms with Crippen molar-refractivity contribution in [1.82, 2.24) is 24.8 Å². The van der Waals surface area contributed by atoms with Crippen molar-refractivity contribution in [3.05, 3.63) is 10.2 Å². The molecule has 3 fully saturated rings. The third-order valence-corrected chi connectivity index (χ3v) is 6.97. The van der Waals surface area contributed by atoms with Crippen LogP contribution in [-0.4, -0.2) is 60.9 Å². The number of aliphatic hydroxyl groups is 2. The molecular formula is C17H21IN6O3. The van der Waals surface area contributed by atoms with Crippen LogP contribution < -0.4 is 10.6 Å². The zero-order valence-electron chi connectivity index (χ0n) is 14.8. The number of aromatic nitrogens is 4. The van der Waals surface area contributed by atoms with Crippen LogP contribution in [0.4, 0.5) is 5.82 Å². The monoisotopic (exact) mass is 484 g/mol. The number of rotatable bonds is 4. The zero-order chi connectivity index (χ0) is 18.9. The average molecular weight is 484 g/mol. The maximum Gasteiger partial charge on any atom is 0.229 e. The Hall–Kier alpha value is -1.53. The molecule has 1 amide bonds. The van der Waals surface area contributed by atoms with Gasteiger partial charge >= 0.3 is 0 Å². The summed E-state index contributed by atoms with van der Waals surface area (Å²) < 4.78 is 2.39. The van der Waals surface area contributed by atoms with Crippen LogP contribution in [0.25, 0.3) is 11.2 Å². The molecule has 0 bridgehead atoms. The zero-order valence-corrected chi connectivity index (χ0v) is 16.9. The number of anilines is 1. The number of imidazole rings is 1. The van der Waals surface area contributed by atoms with Crippen LogP contribution in [0.2, 0.25) is 0 Å². The van der Waals surface area contributed by atoms with Gasteiger partial charge < -0.3 is 25.4 Å². The summed E-state index contributed by atoms with van der Waals surface area (Å²) in [5.41, 5.74) is 0.358. The predicted octanol–water partition coefficient (Wildman–Crippen LogP) is 0.424. The molecule has 2 aromatic heterocycles. The molecule has 3 saturated carbocycles. The Labute approximate surface area is 169 Å². The molecule has 144 valence electrons. The van der Waals surface area contributed by atoms with E-state index in [2.05, 4.69) is 48.2 Å². The molecule has 3 aliphatic carbocycles. The number of halogens is 1. The van der Waals surface area contributed by atoms with Gasteiger partial charge in [-0.05, 0) is 25.7 Å². The molecular weight excluding hydrogens is 463 g/mol. The Bertz CT molecular complexity index is 931. The summed E-state index contributed by atoms with van der Waals surface area (Å²) in [6, 6.07) is -0.0307. The van der Waals surface area contributed by atoms with Gasteiger partial charge in [0.15, 0.2) is 20.8 Å². The minimum atomic E-state index is -1.10. The van der Waals surface area contributed by atoms with Gasteiger partial charge in [0.25, 0.3) is 0 Å². The normalized spacial score (nSPS) is 35.0. The van der Waals surface area contributed by atoms with Crippen LogP contribution in [0.5, 0.6) is 0 Å². The molecule has 2 aromatic rings. The van der Waals surface area contributed by atoms with E-state index in [1.54, 1.807) is 17.9 Å². The molecule has 5 atom stereocenters. The minimum absolute atomic E-state index is 0.143. The number of fused-ring (bicyclic) bond motifs is 2. The van der Waals surface area contributed by atoms with E-state index in [9.17, 15) is 15.0 Å². The van der Waals surface area contributed by atoms with Crippen LogP contribution in [0.1, 0.15) is 31.7 Å². The third-order valence-electron chi connectivity index (χ3n) is 6.48. The van der Waals surface area contributed by atoms with Gasteiger partial charge in [-0.3, -0.25) is 4.79 Å². The van der Waals surface area contributed by atoms with E-state index >= 15 is 0 Å². The molecule has 0 radical (unpaired) electrons. The first-order valence-corrected chi connectivity index (χ1v) is 10.3. The van der Waals surface area contributed by atoms with E-state index < -0.39 is 23.7 Å². The fourth-order valence-electron chi connectivity index (χ4n) is 4.74. The molecule has 0 spiro atoms. The van der Waals surface area contributed by atoms with Crippen molar-refractivity contribution in [1.29, 1.82) is 0 Å². The number of carbonyl (C=O) groups excluding carboxylic acids is 1. The molecule has 4 N–H and O–H groups in total. The van der Waals surface area contributed by atoms with Crippen LogP contribution in [0, 0.1) is 15.2 Å². The van der Waals surface area contributed by atoms with Gasteiger partial charge in [-0.15, -0.1) is 0 Å². The first-order chi connectivity index (χ1) is 13.0. The lowest BCUT2D eigenvalue weighted by Crippen LogP contribution is -2.41. The van der Waals surface area contributed by atoms with Crippen LogP contribution in [-0.2, 0) is 4.79 Å². The van der Waals surface area contributed by atoms with Crippen molar-refractivity contribution in [2.75, 3.05) is 12.4 Å². The predicted molar refractivity (Wildman–Crippen MR) is 105 cm³/mol. The smallest absolute Gasteiger partial charge is 0.229 e. The summed E-state index contributed by atoms with van der Waals surface area (Å²) >= 11 is 2.07. The highest BCUT2D eigenvalue weighted by Gasteiger charge is 2.75. The fraction of sp³-hybridized carbons (Fsp3) is 0.647. The quantitative estimate of drug-likeness (QED) is 0.366. The second-order valence-corrected chi connectivity index (χ2v) is 8.76. The second kappa shape index (κ2) is 5.98. The fourth-order valence-corrected chi connectivity index (χ4v) is 5.21. The highest BCUT2D eigenvalue weighted by Crippen LogP contribution is 2.67. The molecule has 0 saturated heterocycles. The Balaban J connectivity index is 1.55. The van der Waals surface area contributed by atoms with E-state index in [4.69, 9.17) is 0 Å². The lowest BCUT2D eigenvalue weighted by atomic mass is 9.93. The first kappa shape index (κ1) is 17.6. The van der Waals surface area contributed by atoms with Gasteiger partial charge in [-0.2, -0.15) is 0 Å². The van der Waals surface area contributed by atoms with Crippen molar-refractivity contribution in [3.63, 3.8) is 0 Å². The SMILES string of the molecule is CNC(=O)[C@@]12C[C@@H]1[C@@H](n1cnc3c(NC4CCC4)nc(I)nc31)[C@@H](O)C2O. The number of aliphatic hydroxyl groups excluding tert-OH is 2. The lowest BCUT2D eigenvalue weighted by Gasteiger charge is -2.27. The van der Waals surface area contributed by atoms with Gasteiger partial charge in [0, 0.05) is 41.6 Å². The standard InChI is InChI=1S/C17H21IN6O3/c1-19-15(27)17-5-8(17)10(11(25)12(17)26)24-6-20-9-13(21-7-3-2-4-7)22-16(18)23-14(9)24/h6-8,10-12,25-26H,2-5H2,1H3,(H,19,27)(H,21,22,23)/t8-,10-,11-,12?,17+/m1/s1. The van der Waals surface area contributed by atoms with Gasteiger partial charge in [-0.1, -0.05) is 0 Å². The summed E-state index contributed by atoms with van der Waals surface area (Å²) in [5.74, 6) is 0.340. The molecule has 27 heavy (non-hydrogen) atoms. The summed E-state index contributed by atoms with van der Waals surface area (Å²) in [4.78, 5) is 25.9. The highest BCUT2D eigenvalue weighted by molar-refractivity contribution is 14.1. The van der Waals surface area contributed by atoms with Gasteiger partial charge in [-0.25, -0.2) is 15.0 Å². The molecule has 0 aromatic carbocycles. The van der Waals surface area contributed by atoms with Crippen LogP contribution in [0.15, 0.2) is 6.33 Å². The first-order valence-electron chi connectivity index (χ1n) is 9.22. The van der Waals surface area contributed by atoms with Crippen LogP contribution in [0.3, 0.4) is 0 Å². The van der Waals surface area contributed by atoms with E-state index in [1.165, 1.54) is 6.42 Å². The second-order valence-electron chi connectivity index (χ2n) is 7.79. The van der Waals surface area contributed by atoms with Crippen molar-refractivity contribution >= 4 is 45.5 Å². The minimum Gasteiger partial charge on any atom is -0.389 e.